The fraction of sp³-hybridized carbons (Fsp3) is 0.611. The standard InChI is InChI=1S/C18H30N4O/c1-3-23-13-11-20-18(19-2)21-14-17-10-7-12-22(17)15-16-8-5-4-6-9-16/h4-6,8-9,17H,3,7,10-15H2,1-2H3,(H2,19,20,21). The first-order valence-corrected chi connectivity index (χ1v) is 8.63. The van der Waals surface area contributed by atoms with E-state index in [1.807, 2.05) is 14.0 Å². The minimum Gasteiger partial charge on any atom is -0.380 e. The van der Waals surface area contributed by atoms with E-state index in [2.05, 4.69) is 50.9 Å². The largest absolute Gasteiger partial charge is 0.380 e. The molecule has 5 heteroatoms. The van der Waals surface area contributed by atoms with Crippen molar-refractivity contribution in [3.8, 4) is 0 Å². The average molecular weight is 318 g/mol. The molecule has 0 spiro atoms. The van der Waals surface area contributed by atoms with Gasteiger partial charge < -0.3 is 15.4 Å². The number of aliphatic imine (C=N–C) groups is 1. The Morgan fingerprint density at radius 2 is 2.13 bits per heavy atom. The van der Waals surface area contributed by atoms with Crippen LogP contribution in [-0.4, -0.2) is 56.8 Å². The summed E-state index contributed by atoms with van der Waals surface area (Å²) >= 11 is 0. The van der Waals surface area contributed by atoms with Crippen LogP contribution in [0.5, 0.6) is 0 Å². The number of nitrogens with one attached hydrogen (secondary N) is 2. The first-order chi connectivity index (χ1) is 11.3. The fourth-order valence-electron chi connectivity index (χ4n) is 2.97. The summed E-state index contributed by atoms with van der Waals surface area (Å²) in [5.74, 6) is 0.858. The number of hydrogen-bond acceptors (Lipinski definition) is 3. The van der Waals surface area contributed by atoms with Crippen molar-refractivity contribution < 1.29 is 4.74 Å². The van der Waals surface area contributed by atoms with Gasteiger partial charge in [0.1, 0.15) is 0 Å². The third-order valence-electron chi connectivity index (χ3n) is 4.20. The van der Waals surface area contributed by atoms with Gasteiger partial charge in [0.05, 0.1) is 6.61 Å². The molecule has 1 aliphatic heterocycles. The van der Waals surface area contributed by atoms with Crippen LogP contribution >= 0.6 is 0 Å². The minimum atomic E-state index is 0.570. The van der Waals surface area contributed by atoms with E-state index in [0.717, 1.165) is 32.2 Å². The lowest BCUT2D eigenvalue weighted by Gasteiger charge is -2.25. The van der Waals surface area contributed by atoms with Gasteiger partial charge in [-0.05, 0) is 31.9 Å². The summed E-state index contributed by atoms with van der Waals surface area (Å²) in [6.07, 6.45) is 2.52. The third-order valence-corrected chi connectivity index (χ3v) is 4.20. The molecular weight excluding hydrogens is 288 g/mol. The van der Waals surface area contributed by atoms with Crippen molar-refractivity contribution in [2.24, 2.45) is 4.99 Å². The molecule has 1 atom stereocenters. The molecule has 1 aliphatic rings. The van der Waals surface area contributed by atoms with Gasteiger partial charge in [-0.3, -0.25) is 9.89 Å². The van der Waals surface area contributed by atoms with Gasteiger partial charge in [-0.15, -0.1) is 0 Å². The number of benzene rings is 1. The zero-order valence-electron chi connectivity index (χ0n) is 14.4. The third kappa shape index (κ3) is 6.20. The normalized spacial score (nSPS) is 19.0. The molecule has 1 aromatic carbocycles. The van der Waals surface area contributed by atoms with Crippen molar-refractivity contribution in [2.75, 3.05) is 39.9 Å². The Kier molecular flexibility index (Phi) is 7.90. The number of ether oxygens (including phenoxy) is 1. The van der Waals surface area contributed by atoms with E-state index in [1.54, 1.807) is 0 Å². The van der Waals surface area contributed by atoms with Gasteiger partial charge in [0.15, 0.2) is 5.96 Å². The molecule has 0 saturated carbocycles. The van der Waals surface area contributed by atoms with Gasteiger partial charge in [0.2, 0.25) is 0 Å². The lowest BCUT2D eigenvalue weighted by Crippen LogP contribution is -2.45. The van der Waals surface area contributed by atoms with E-state index in [9.17, 15) is 0 Å². The van der Waals surface area contributed by atoms with Crippen molar-refractivity contribution in [3.63, 3.8) is 0 Å². The summed E-state index contributed by atoms with van der Waals surface area (Å²) < 4.78 is 5.34. The van der Waals surface area contributed by atoms with E-state index < -0.39 is 0 Å². The Bertz CT molecular complexity index is 463. The number of likely N-dealkylation sites (tertiary alicyclic amines) is 1. The highest BCUT2D eigenvalue weighted by Crippen LogP contribution is 2.19. The maximum Gasteiger partial charge on any atom is 0.191 e. The van der Waals surface area contributed by atoms with Crippen molar-refractivity contribution in [1.29, 1.82) is 0 Å². The summed E-state index contributed by atoms with van der Waals surface area (Å²) in [6, 6.07) is 11.3. The van der Waals surface area contributed by atoms with Gasteiger partial charge in [0.25, 0.3) is 0 Å². The molecule has 1 unspecified atom stereocenters. The predicted molar refractivity (Wildman–Crippen MR) is 95.7 cm³/mol. The van der Waals surface area contributed by atoms with Crippen LogP contribution in [0.25, 0.3) is 0 Å². The van der Waals surface area contributed by atoms with Crippen molar-refractivity contribution >= 4 is 5.96 Å². The molecule has 2 N–H and O–H groups in total. The lowest BCUT2D eigenvalue weighted by atomic mass is 10.2. The first kappa shape index (κ1) is 17.8. The maximum absolute atomic E-state index is 5.34. The van der Waals surface area contributed by atoms with Crippen molar-refractivity contribution in [3.05, 3.63) is 35.9 Å². The highest BCUT2D eigenvalue weighted by atomic mass is 16.5. The Hall–Kier alpha value is -1.59. The summed E-state index contributed by atoms with van der Waals surface area (Å²) in [7, 11) is 1.81. The zero-order valence-corrected chi connectivity index (χ0v) is 14.4. The Labute approximate surface area is 140 Å². The van der Waals surface area contributed by atoms with Gasteiger partial charge in [-0.2, -0.15) is 0 Å². The van der Waals surface area contributed by atoms with E-state index >= 15 is 0 Å². The fourth-order valence-corrected chi connectivity index (χ4v) is 2.97. The highest BCUT2D eigenvalue weighted by molar-refractivity contribution is 5.79. The number of guanidine groups is 1. The van der Waals surface area contributed by atoms with E-state index in [-0.39, 0.29) is 0 Å². The Morgan fingerprint density at radius 3 is 2.87 bits per heavy atom. The van der Waals surface area contributed by atoms with E-state index in [4.69, 9.17) is 4.74 Å². The molecule has 0 aliphatic carbocycles. The second-order valence-electron chi connectivity index (χ2n) is 5.83. The Morgan fingerprint density at radius 1 is 1.30 bits per heavy atom. The van der Waals surface area contributed by atoms with E-state index in [1.165, 1.54) is 24.9 Å². The smallest absolute Gasteiger partial charge is 0.191 e. The zero-order chi connectivity index (χ0) is 16.3. The molecule has 128 valence electrons. The molecule has 0 radical (unpaired) electrons. The summed E-state index contributed by atoms with van der Waals surface area (Å²) in [6.45, 7) is 7.40. The van der Waals surface area contributed by atoms with Gasteiger partial charge in [-0.1, -0.05) is 30.3 Å². The minimum absolute atomic E-state index is 0.570. The second kappa shape index (κ2) is 10.2. The monoisotopic (exact) mass is 318 g/mol. The molecule has 0 aromatic heterocycles. The molecule has 0 bridgehead atoms. The van der Waals surface area contributed by atoms with Crippen LogP contribution in [0.3, 0.4) is 0 Å². The molecule has 0 amide bonds. The molecule has 23 heavy (non-hydrogen) atoms. The van der Waals surface area contributed by atoms with Crippen molar-refractivity contribution in [1.82, 2.24) is 15.5 Å². The van der Waals surface area contributed by atoms with Crippen LogP contribution in [0.4, 0.5) is 0 Å². The summed E-state index contributed by atoms with van der Waals surface area (Å²) in [4.78, 5) is 6.84. The predicted octanol–water partition coefficient (Wildman–Crippen LogP) is 1.85. The van der Waals surface area contributed by atoms with Crippen LogP contribution in [0.2, 0.25) is 0 Å². The molecular formula is C18H30N4O. The quantitative estimate of drug-likeness (QED) is 0.436. The number of nitrogens with zero attached hydrogens (tertiary/aromatic N) is 2. The van der Waals surface area contributed by atoms with Gasteiger partial charge in [-0.25, -0.2) is 0 Å². The number of rotatable bonds is 8. The molecule has 2 rings (SSSR count). The SMILES string of the molecule is CCOCCNC(=NC)NCC1CCCN1Cc1ccccc1. The first-order valence-electron chi connectivity index (χ1n) is 8.63. The molecule has 1 heterocycles. The van der Waals surface area contributed by atoms with Crippen LogP contribution in [0.1, 0.15) is 25.3 Å². The topological polar surface area (TPSA) is 48.9 Å². The van der Waals surface area contributed by atoms with Crippen LogP contribution < -0.4 is 10.6 Å². The van der Waals surface area contributed by atoms with Gasteiger partial charge >= 0.3 is 0 Å². The van der Waals surface area contributed by atoms with Gasteiger partial charge in [0, 0.05) is 39.3 Å². The summed E-state index contributed by atoms with van der Waals surface area (Å²) in [5.41, 5.74) is 1.39. The molecule has 1 fully saturated rings. The van der Waals surface area contributed by atoms with Crippen LogP contribution in [-0.2, 0) is 11.3 Å². The summed E-state index contributed by atoms with van der Waals surface area (Å²) in [5, 5.41) is 6.73. The number of hydrogen-bond donors (Lipinski definition) is 2. The molecule has 1 saturated heterocycles. The molecule has 5 nitrogen and oxygen atoms in total. The maximum atomic E-state index is 5.34. The van der Waals surface area contributed by atoms with Crippen LogP contribution in [0, 0.1) is 0 Å². The Balaban J connectivity index is 1.74. The lowest BCUT2D eigenvalue weighted by molar-refractivity contribution is 0.152. The van der Waals surface area contributed by atoms with Crippen molar-refractivity contribution in [2.45, 2.75) is 32.4 Å². The second-order valence-corrected chi connectivity index (χ2v) is 5.83. The molecule has 1 aromatic rings. The average Bonchev–Trinajstić information content (AvgIpc) is 3.02. The van der Waals surface area contributed by atoms with E-state index in [0.29, 0.717) is 12.6 Å². The highest BCUT2D eigenvalue weighted by Gasteiger charge is 2.24. The van der Waals surface area contributed by atoms with Crippen LogP contribution in [0.15, 0.2) is 35.3 Å².